The van der Waals surface area contributed by atoms with Crippen LogP contribution in [0, 0.1) is 0 Å². The van der Waals surface area contributed by atoms with Gasteiger partial charge in [0.1, 0.15) is 6.10 Å². The number of esters is 1. The van der Waals surface area contributed by atoms with Crippen LogP contribution in [0.1, 0.15) is 187 Å². The standard InChI is InChI=1S/C42H80NO7P/c1-3-5-7-9-11-13-15-17-19-21-23-25-27-29-31-33-35-42(44)50-41(40-49-51(45,46)48-38-36-43)39-47-37-34-32-30-28-26-24-22-20-18-16-14-12-10-8-6-4-2/h12,14,18-21,41H,3-11,13,15-17,22-40,43H2,1-2H3,(H,45,46)/b14-12-,20-18-,21-19-. The van der Waals surface area contributed by atoms with E-state index in [0.717, 1.165) is 64.2 Å². The molecule has 0 aliphatic rings. The molecule has 0 aromatic heterocycles. The largest absolute Gasteiger partial charge is 0.472 e. The van der Waals surface area contributed by atoms with Gasteiger partial charge in [0.25, 0.3) is 0 Å². The minimum absolute atomic E-state index is 0.0968. The molecule has 0 bridgehead atoms. The van der Waals surface area contributed by atoms with E-state index in [2.05, 4.69) is 50.3 Å². The van der Waals surface area contributed by atoms with Gasteiger partial charge in [0, 0.05) is 19.6 Å². The Bertz CT molecular complexity index is 879. The Morgan fingerprint density at radius 1 is 0.588 bits per heavy atom. The summed E-state index contributed by atoms with van der Waals surface area (Å²) in [6, 6.07) is 0. The number of carbonyl (C=O) groups is 1. The first-order valence-corrected chi connectivity index (χ1v) is 22.5. The highest BCUT2D eigenvalue weighted by Crippen LogP contribution is 2.43. The molecule has 51 heavy (non-hydrogen) atoms. The second-order valence-corrected chi connectivity index (χ2v) is 15.3. The highest BCUT2D eigenvalue weighted by Gasteiger charge is 2.25. The Balaban J connectivity index is 4.08. The Labute approximate surface area is 314 Å². The monoisotopic (exact) mass is 742 g/mol. The predicted octanol–water partition coefficient (Wildman–Crippen LogP) is 12.2. The molecule has 0 heterocycles. The fourth-order valence-corrected chi connectivity index (χ4v) is 6.43. The van der Waals surface area contributed by atoms with Gasteiger partial charge in [-0.3, -0.25) is 13.8 Å². The van der Waals surface area contributed by atoms with Gasteiger partial charge >= 0.3 is 13.8 Å². The molecule has 0 saturated heterocycles. The predicted molar refractivity (Wildman–Crippen MR) is 215 cm³/mol. The molecule has 0 amide bonds. The number of phosphoric ester groups is 1. The number of hydrogen-bond donors (Lipinski definition) is 2. The van der Waals surface area contributed by atoms with E-state index in [-0.39, 0.29) is 32.3 Å². The summed E-state index contributed by atoms with van der Waals surface area (Å²) in [6.45, 7) is 4.86. The quantitative estimate of drug-likeness (QED) is 0.0276. The fraction of sp³-hybridized carbons (Fsp3) is 0.833. The van der Waals surface area contributed by atoms with E-state index >= 15 is 0 Å². The van der Waals surface area contributed by atoms with Gasteiger partial charge in [0.15, 0.2) is 0 Å². The van der Waals surface area contributed by atoms with Crippen LogP contribution in [0.5, 0.6) is 0 Å². The molecule has 9 heteroatoms. The molecule has 0 rings (SSSR count). The van der Waals surface area contributed by atoms with E-state index in [1.807, 2.05) is 0 Å². The summed E-state index contributed by atoms with van der Waals surface area (Å²) < 4.78 is 33.4. The second-order valence-electron chi connectivity index (χ2n) is 13.8. The van der Waals surface area contributed by atoms with E-state index in [1.54, 1.807) is 0 Å². The molecule has 0 spiro atoms. The molecule has 2 atom stereocenters. The summed E-state index contributed by atoms with van der Waals surface area (Å²) in [5.41, 5.74) is 5.36. The van der Waals surface area contributed by atoms with Crippen LogP contribution in [0.4, 0.5) is 0 Å². The molecule has 0 aliphatic heterocycles. The van der Waals surface area contributed by atoms with Gasteiger partial charge in [-0.05, 0) is 70.6 Å². The molecule has 0 aromatic rings. The maximum atomic E-state index is 12.6. The minimum Gasteiger partial charge on any atom is -0.457 e. The van der Waals surface area contributed by atoms with Crippen LogP contribution >= 0.6 is 7.82 Å². The van der Waals surface area contributed by atoms with Crippen molar-refractivity contribution < 1.29 is 32.8 Å². The average Bonchev–Trinajstić information content (AvgIpc) is 3.12. The third kappa shape index (κ3) is 39.8. The Morgan fingerprint density at radius 3 is 1.59 bits per heavy atom. The zero-order valence-electron chi connectivity index (χ0n) is 33.1. The first-order chi connectivity index (χ1) is 24.9. The van der Waals surface area contributed by atoms with Crippen molar-refractivity contribution in [1.82, 2.24) is 0 Å². The van der Waals surface area contributed by atoms with Crippen LogP contribution in [0.2, 0.25) is 0 Å². The summed E-state index contributed by atoms with van der Waals surface area (Å²) in [7, 11) is -4.28. The fourth-order valence-electron chi connectivity index (χ4n) is 5.67. The maximum absolute atomic E-state index is 12.6. The summed E-state index contributed by atoms with van der Waals surface area (Å²) >= 11 is 0. The van der Waals surface area contributed by atoms with Crippen LogP contribution < -0.4 is 5.73 Å². The SMILES string of the molecule is CCCCC/C=C\C/C=C\CCCCCCCCOCC(COP(=O)(O)OCCN)OC(=O)CCCCCCC/C=C\CCCCCCCCC. The summed E-state index contributed by atoms with van der Waals surface area (Å²) in [4.78, 5) is 22.4. The van der Waals surface area contributed by atoms with Crippen LogP contribution in [0.25, 0.3) is 0 Å². The number of allylic oxidation sites excluding steroid dienone is 6. The molecule has 0 aromatic carbocycles. The van der Waals surface area contributed by atoms with Gasteiger partial charge in [0.05, 0.1) is 19.8 Å². The first kappa shape index (κ1) is 49.7. The molecule has 8 nitrogen and oxygen atoms in total. The number of nitrogens with two attached hydrogens (primary N) is 1. The van der Waals surface area contributed by atoms with Crippen LogP contribution in [-0.2, 0) is 27.9 Å². The van der Waals surface area contributed by atoms with Crippen molar-refractivity contribution in [1.29, 1.82) is 0 Å². The van der Waals surface area contributed by atoms with Crippen molar-refractivity contribution in [3.63, 3.8) is 0 Å². The van der Waals surface area contributed by atoms with Crippen molar-refractivity contribution in [2.75, 3.05) is 33.0 Å². The second kappa shape index (κ2) is 39.9. The number of phosphoric acid groups is 1. The van der Waals surface area contributed by atoms with Crippen molar-refractivity contribution in [3.8, 4) is 0 Å². The van der Waals surface area contributed by atoms with Crippen LogP contribution in [0.15, 0.2) is 36.5 Å². The van der Waals surface area contributed by atoms with Gasteiger partial charge in [-0.15, -0.1) is 0 Å². The van der Waals surface area contributed by atoms with Crippen LogP contribution in [-0.4, -0.2) is 49.9 Å². The van der Waals surface area contributed by atoms with Crippen molar-refractivity contribution in [2.45, 2.75) is 193 Å². The van der Waals surface area contributed by atoms with Gasteiger partial charge in [-0.2, -0.15) is 0 Å². The molecular formula is C42H80NO7P. The average molecular weight is 742 g/mol. The molecule has 2 unspecified atom stereocenters. The van der Waals surface area contributed by atoms with Crippen molar-refractivity contribution >= 4 is 13.8 Å². The molecule has 0 saturated carbocycles. The molecule has 0 aliphatic carbocycles. The molecular weight excluding hydrogens is 661 g/mol. The zero-order chi connectivity index (χ0) is 37.4. The number of unbranched alkanes of at least 4 members (excludes halogenated alkanes) is 21. The van der Waals surface area contributed by atoms with Gasteiger partial charge in [-0.25, -0.2) is 4.57 Å². The number of ether oxygens (including phenoxy) is 2. The Hall–Kier alpha value is -1.28. The highest BCUT2D eigenvalue weighted by molar-refractivity contribution is 7.47. The lowest BCUT2D eigenvalue weighted by Crippen LogP contribution is -2.28. The van der Waals surface area contributed by atoms with E-state index in [0.29, 0.717) is 13.0 Å². The summed E-state index contributed by atoms with van der Waals surface area (Å²) in [5.74, 6) is -0.343. The molecule has 0 radical (unpaired) electrons. The smallest absolute Gasteiger partial charge is 0.457 e. The van der Waals surface area contributed by atoms with Gasteiger partial charge < -0.3 is 20.1 Å². The Kier molecular flexibility index (Phi) is 38.9. The lowest BCUT2D eigenvalue weighted by molar-refractivity contribution is -0.154. The molecule has 3 N–H and O–H groups in total. The number of hydrogen-bond acceptors (Lipinski definition) is 7. The van der Waals surface area contributed by atoms with Crippen LogP contribution in [0.3, 0.4) is 0 Å². The highest BCUT2D eigenvalue weighted by atomic mass is 31.2. The van der Waals surface area contributed by atoms with E-state index < -0.39 is 13.9 Å². The lowest BCUT2D eigenvalue weighted by Gasteiger charge is -2.20. The van der Waals surface area contributed by atoms with E-state index in [9.17, 15) is 14.3 Å². The normalized spacial score (nSPS) is 13.9. The third-order valence-electron chi connectivity index (χ3n) is 8.78. The van der Waals surface area contributed by atoms with Gasteiger partial charge in [0.2, 0.25) is 0 Å². The maximum Gasteiger partial charge on any atom is 0.472 e. The van der Waals surface area contributed by atoms with Gasteiger partial charge in [-0.1, -0.05) is 147 Å². The zero-order valence-corrected chi connectivity index (χ0v) is 34.0. The molecule has 0 fully saturated rings. The van der Waals surface area contributed by atoms with Crippen molar-refractivity contribution in [2.24, 2.45) is 5.73 Å². The Morgan fingerprint density at radius 2 is 1.04 bits per heavy atom. The van der Waals surface area contributed by atoms with E-state index in [1.165, 1.54) is 103 Å². The summed E-state index contributed by atoms with van der Waals surface area (Å²) in [5, 5.41) is 0. The topological polar surface area (TPSA) is 117 Å². The lowest BCUT2D eigenvalue weighted by atomic mass is 10.1. The first-order valence-electron chi connectivity index (χ1n) is 21.0. The number of rotatable bonds is 40. The number of carbonyl (C=O) groups excluding carboxylic acids is 1. The minimum atomic E-state index is -4.28. The van der Waals surface area contributed by atoms with Crippen molar-refractivity contribution in [3.05, 3.63) is 36.5 Å². The summed E-state index contributed by atoms with van der Waals surface area (Å²) in [6.07, 6.45) is 44.4. The third-order valence-corrected chi connectivity index (χ3v) is 9.76. The van der Waals surface area contributed by atoms with E-state index in [4.69, 9.17) is 24.3 Å². The molecule has 300 valence electrons.